The minimum Gasteiger partial charge on any atom is -0.338 e. The Hall–Kier alpha value is -2.96. The Balaban J connectivity index is 1.13. The molecule has 5 rings (SSSR count). The third kappa shape index (κ3) is 6.23. The fourth-order valence-electron chi connectivity index (χ4n) is 4.25. The number of carbonyl (C=O) groups excluding carboxylic acids is 1. The summed E-state index contributed by atoms with van der Waals surface area (Å²) in [7, 11) is -3.93. The zero-order valence-corrected chi connectivity index (χ0v) is 21.2. The topological polar surface area (TPSA) is 115 Å². The molecule has 0 atom stereocenters. The van der Waals surface area contributed by atoms with E-state index in [9.17, 15) is 13.2 Å². The molecule has 0 unspecified atom stereocenters. The summed E-state index contributed by atoms with van der Waals surface area (Å²) in [4.78, 5) is 23.7. The van der Waals surface area contributed by atoms with Crippen LogP contribution in [0.4, 0.5) is 17.2 Å². The lowest BCUT2D eigenvalue weighted by molar-refractivity contribution is 0.102. The van der Waals surface area contributed by atoms with Crippen LogP contribution in [-0.2, 0) is 16.7 Å². The van der Waals surface area contributed by atoms with Crippen LogP contribution in [0.5, 0.6) is 0 Å². The van der Waals surface area contributed by atoms with Crippen molar-refractivity contribution in [1.82, 2.24) is 14.8 Å². The number of nitrogens with one attached hydrogen (secondary N) is 2. The predicted octanol–water partition coefficient (Wildman–Crippen LogP) is 3.55. The molecule has 0 bridgehead atoms. The van der Waals surface area contributed by atoms with E-state index in [4.69, 9.17) is 4.55 Å². The van der Waals surface area contributed by atoms with Crippen LogP contribution in [0, 0.1) is 0 Å². The van der Waals surface area contributed by atoms with Crippen molar-refractivity contribution in [1.29, 1.82) is 0 Å². The molecule has 3 aromatic rings. The number of benzene rings is 2. The zero-order valence-electron chi connectivity index (χ0n) is 19.6. The summed E-state index contributed by atoms with van der Waals surface area (Å²) < 4.78 is 30.8. The van der Waals surface area contributed by atoms with Crippen LogP contribution in [0.15, 0.2) is 70.6 Å². The fraction of sp³-hybridized carbons (Fsp3) is 0.280. The van der Waals surface area contributed by atoms with Crippen molar-refractivity contribution in [2.45, 2.75) is 16.3 Å². The summed E-state index contributed by atoms with van der Waals surface area (Å²) in [6.45, 7) is 4.26. The van der Waals surface area contributed by atoms with Crippen LogP contribution in [0.25, 0.3) is 0 Å². The number of hydrogen-bond donors (Lipinski definition) is 3. The predicted molar refractivity (Wildman–Crippen MR) is 141 cm³/mol. The second kappa shape index (κ2) is 10.6. The van der Waals surface area contributed by atoms with Crippen molar-refractivity contribution < 1.29 is 17.8 Å². The van der Waals surface area contributed by atoms with Gasteiger partial charge in [0.15, 0.2) is 0 Å². The number of anilines is 3. The fourth-order valence-corrected chi connectivity index (χ4v) is 5.67. The van der Waals surface area contributed by atoms with Crippen LogP contribution < -0.4 is 10.6 Å². The average Bonchev–Trinajstić information content (AvgIpc) is 2.87. The van der Waals surface area contributed by atoms with Gasteiger partial charge in [0.1, 0.15) is 5.82 Å². The third-order valence-electron chi connectivity index (χ3n) is 6.23. The van der Waals surface area contributed by atoms with Crippen molar-refractivity contribution in [3.63, 3.8) is 0 Å². The van der Waals surface area contributed by atoms with Gasteiger partial charge in [-0.05, 0) is 48.0 Å². The number of pyridine rings is 1. The summed E-state index contributed by atoms with van der Waals surface area (Å²) in [6.07, 6.45) is 1.75. The molecule has 9 nitrogen and oxygen atoms in total. The summed E-state index contributed by atoms with van der Waals surface area (Å²) in [6, 6.07) is 17.3. The largest absolute Gasteiger partial charge is 0.338 e. The van der Waals surface area contributed by atoms with Gasteiger partial charge in [0.2, 0.25) is 0 Å². The first-order valence-corrected chi connectivity index (χ1v) is 14.1. The summed E-state index contributed by atoms with van der Waals surface area (Å²) in [5.41, 5.74) is 3.32. The molecule has 188 valence electrons. The van der Waals surface area contributed by atoms with Gasteiger partial charge in [-0.25, -0.2) is 4.98 Å². The molecule has 11 heteroatoms. The molecule has 0 aliphatic carbocycles. The Morgan fingerprint density at radius 2 is 1.78 bits per heavy atom. The Morgan fingerprint density at radius 3 is 2.53 bits per heavy atom. The maximum absolute atomic E-state index is 12.8. The molecular formula is C25H27N5O4S2. The molecule has 36 heavy (non-hydrogen) atoms. The molecule has 1 saturated heterocycles. The van der Waals surface area contributed by atoms with Crippen molar-refractivity contribution in [3.05, 3.63) is 71.9 Å². The van der Waals surface area contributed by atoms with E-state index in [-0.39, 0.29) is 11.7 Å². The zero-order chi connectivity index (χ0) is 25.1. The van der Waals surface area contributed by atoms with Crippen LogP contribution in [0.3, 0.4) is 0 Å². The molecule has 1 amide bonds. The van der Waals surface area contributed by atoms with Gasteiger partial charge >= 0.3 is 0 Å². The maximum atomic E-state index is 12.8. The first-order valence-electron chi connectivity index (χ1n) is 11.7. The normalized spacial score (nSPS) is 16.0. The van der Waals surface area contributed by atoms with Crippen LogP contribution in [0.2, 0.25) is 0 Å². The summed E-state index contributed by atoms with van der Waals surface area (Å²) in [5.74, 6) is 0.410. The van der Waals surface area contributed by atoms with Gasteiger partial charge in [-0.3, -0.25) is 19.1 Å². The number of aromatic nitrogens is 1. The molecular weight excluding hydrogens is 498 g/mol. The highest BCUT2D eigenvalue weighted by Gasteiger charge is 2.19. The monoisotopic (exact) mass is 525 g/mol. The van der Waals surface area contributed by atoms with E-state index >= 15 is 0 Å². The van der Waals surface area contributed by atoms with Gasteiger partial charge in [0, 0.05) is 61.6 Å². The first-order chi connectivity index (χ1) is 17.3. The minimum absolute atomic E-state index is 0.170. The highest BCUT2D eigenvalue weighted by molar-refractivity contribution is 7.99. The molecule has 3 N–H and O–H groups in total. The number of hydrogen-bond acceptors (Lipinski definition) is 8. The average molecular weight is 526 g/mol. The second-order valence-electron chi connectivity index (χ2n) is 8.84. The van der Waals surface area contributed by atoms with E-state index in [2.05, 4.69) is 20.5 Å². The van der Waals surface area contributed by atoms with E-state index < -0.39 is 10.1 Å². The smallest absolute Gasteiger partial charge is 0.266 e. The van der Waals surface area contributed by atoms with Crippen molar-refractivity contribution in [3.8, 4) is 0 Å². The molecule has 2 aliphatic heterocycles. The van der Waals surface area contributed by atoms with Gasteiger partial charge in [-0.2, -0.15) is 8.42 Å². The van der Waals surface area contributed by atoms with Crippen molar-refractivity contribution in [2.24, 2.45) is 0 Å². The van der Waals surface area contributed by atoms with E-state index in [0.717, 1.165) is 59.6 Å². The summed E-state index contributed by atoms with van der Waals surface area (Å²) in [5, 5.41) is 6.30. The lowest BCUT2D eigenvalue weighted by Gasteiger charge is -2.34. The molecule has 2 aromatic carbocycles. The van der Waals surface area contributed by atoms with Gasteiger partial charge in [-0.15, -0.1) is 0 Å². The molecule has 1 aromatic heterocycles. The number of rotatable bonds is 7. The minimum atomic E-state index is -3.93. The Morgan fingerprint density at radius 1 is 1.03 bits per heavy atom. The van der Waals surface area contributed by atoms with E-state index in [0.29, 0.717) is 17.8 Å². The number of nitrogens with zero attached hydrogens (tertiary/aromatic N) is 3. The number of piperazine rings is 1. The van der Waals surface area contributed by atoms with Crippen molar-refractivity contribution in [2.75, 3.05) is 49.1 Å². The molecule has 3 heterocycles. The molecule has 1 fully saturated rings. The molecule has 0 saturated carbocycles. The lowest BCUT2D eigenvalue weighted by Crippen LogP contribution is -2.47. The molecule has 0 spiro atoms. The van der Waals surface area contributed by atoms with E-state index in [1.807, 2.05) is 59.5 Å². The summed E-state index contributed by atoms with van der Waals surface area (Å²) >= 11 is 1.65. The van der Waals surface area contributed by atoms with Crippen LogP contribution in [-0.4, -0.2) is 72.1 Å². The van der Waals surface area contributed by atoms with Gasteiger partial charge in [0.05, 0.1) is 16.3 Å². The Labute approximate surface area is 214 Å². The SMILES string of the molecule is O=C(Nc1ccc2c(c1)Nc1ncccc1S2)c1ccc(CN2CCN(CCS(=O)(=O)O)CC2)cc1. The Bertz CT molecular complexity index is 1360. The van der Waals surface area contributed by atoms with Crippen LogP contribution in [0.1, 0.15) is 15.9 Å². The maximum Gasteiger partial charge on any atom is 0.266 e. The van der Waals surface area contributed by atoms with Gasteiger partial charge in [-0.1, -0.05) is 23.9 Å². The van der Waals surface area contributed by atoms with Crippen molar-refractivity contribution >= 4 is 45.0 Å². The number of carbonyl (C=O) groups is 1. The molecule has 2 aliphatic rings. The van der Waals surface area contributed by atoms with Gasteiger partial charge in [0.25, 0.3) is 16.0 Å². The first kappa shape index (κ1) is 24.7. The number of fused-ring (bicyclic) bond motifs is 2. The van der Waals surface area contributed by atoms with Crippen LogP contribution >= 0.6 is 11.8 Å². The number of amides is 1. The third-order valence-corrected chi connectivity index (χ3v) is 8.06. The van der Waals surface area contributed by atoms with E-state index in [1.54, 1.807) is 18.0 Å². The highest BCUT2D eigenvalue weighted by atomic mass is 32.2. The van der Waals surface area contributed by atoms with Gasteiger partial charge < -0.3 is 10.6 Å². The second-order valence-corrected chi connectivity index (χ2v) is 11.5. The molecule has 0 radical (unpaired) electrons. The standard InChI is InChI=1S/C25H27N5O4S2/c31-25(27-20-7-8-22-21(16-20)28-24-23(35-22)2-1-9-26-24)19-5-3-18(4-6-19)17-30-12-10-29(11-13-30)14-15-36(32,33)34/h1-9,16H,10-15,17H2,(H,26,28)(H,27,31)(H,32,33,34). The Kier molecular flexibility index (Phi) is 7.26. The quantitative estimate of drug-likeness (QED) is 0.312. The lowest BCUT2D eigenvalue weighted by atomic mass is 10.1. The van der Waals surface area contributed by atoms with E-state index in [1.165, 1.54) is 0 Å². The highest BCUT2D eigenvalue weighted by Crippen LogP contribution is 2.43.